The van der Waals surface area contributed by atoms with Gasteiger partial charge in [-0.25, -0.2) is 0 Å². The quantitative estimate of drug-likeness (QED) is 0.719. The van der Waals surface area contributed by atoms with Gasteiger partial charge >= 0.3 is 0 Å². The number of allylic oxidation sites excluding steroid dienone is 3. The number of hydrogen-bond acceptors (Lipinski definition) is 1. The van der Waals surface area contributed by atoms with E-state index in [1.165, 1.54) is 11.3 Å². The van der Waals surface area contributed by atoms with Gasteiger partial charge in [-0.1, -0.05) is 49.4 Å². The van der Waals surface area contributed by atoms with Gasteiger partial charge in [-0.05, 0) is 25.0 Å². The van der Waals surface area contributed by atoms with Gasteiger partial charge in [0.25, 0.3) is 0 Å². The zero-order chi connectivity index (χ0) is 10.6. The van der Waals surface area contributed by atoms with Crippen LogP contribution in [0, 0.1) is 0 Å². The van der Waals surface area contributed by atoms with Crippen LogP contribution >= 0.6 is 11.8 Å². The molecule has 0 radical (unpaired) electrons. The van der Waals surface area contributed by atoms with Gasteiger partial charge in [0.15, 0.2) is 0 Å². The van der Waals surface area contributed by atoms with Gasteiger partial charge in [0, 0.05) is 9.64 Å². The van der Waals surface area contributed by atoms with Gasteiger partial charge in [-0.2, -0.15) is 0 Å². The number of rotatable bonds is 3. The van der Waals surface area contributed by atoms with E-state index in [1.54, 1.807) is 0 Å². The molecule has 1 aromatic carbocycles. The Bertz CT molecular complexity index is 364. The molecular weight excluding hydrogens is 200 g/mol. The van der Waals surface area contributed by atoms with Crippen molar-refractivity contribution in [2.24, 2.45) is 0 Å². The Labute approximate surface area is 96.1 Å². The lowest BCUT2D eigenvalue weighted by atomic mass is 9.97. The second-order valence-corrected chi connectivity index (χ2v) is 5.31. The zero-order valence-corrected chi connectivity index (χ0v) is 9.84. The fourth-order valence-electron chi connectivity index (χ4n) is 1.78. The normalized spacial score (nSPS) is 24.3. The van der Waals surface area contributed by atoms with Crippen LogP contribution < -0.4 is 0 Å². The summed E-state index contributed by atoms with van der Waals surface area (Å²) < 4.78 is 0.274. The summed E-state index contributed by atoms with van der Waals surface area (Å²) in [4.78, 5) is 1.36. The van der Waals surface area contributed by atoms with Gasteiger partial charge < -0.3 is 0 Å². The molecule has 0 spiro atoms. The van der Waals surface area contributed by atoms with E-state index in [0.29, 0.717) is 0 Å². The van der Waals surface area contributed by atoms with Crippen LogP contribution in [0.3, 0.4) is 0 Å². The Hall–Kier alpha value is -0.950. The van der Waals surface area contributed by atoms with Gasteiger partial charge in [0.2, 0.25) is 0 Å². The molecule has 0 saturated heterocycles. The molecule has 0 fully saturated rings. The SMILES string of the molecule is CCC1(Sc2ccccc2)C=CC=CC1. The molecule has 0 aliphatic heterocycles. The Morgan fingerprint density at radius 2 is 2.00 bits per heavy atom. The van der Waals surface area contributed by atoms with Crippen molar-refractivity contribution in [1.82, 2.24) is 0 Å². The summed E-state index contributed by atoms with van der Waals surface area (Å²) >= 11 is 1.97. The van der Waals surface area contributed by atoms with Crippen LogP contribution in [0.5, 0.6) is 0 Å². The van der Waals surface area contributed by atoms with E-state index in [4.69, 9.17) is 0 Å². The molecule has 1 aromatic rings. The highest BCUT2D eigenvalue weighted by Crippen LogP contribution is 2.41. The van der Waals surface area contributed by atoms with Crippen LogP contribution in [0.25, 0.3) is 0 Å². The molecule has 1 atom stereocenters. The van der Waals surface area contributed by atoms with E-state index >= 15 is 0 Å². The van der Waals surface area contributed by atoms with Crippen LogP contribution in [0.1, 0.15) is 19.8 Å². The first-order valence-corrected chi connectivity index (χ1v) is 6.25. The predicted octanol–water partition coefficient (Wildman–Crippen LogP) is 4.44. The standard InChI is InChI=1S/C14H16S/c1-2-14(11-7-4-8-12-14)15-13-9-5-3-6-10-13/h3-11H,2,12H2,1H3. The average Bonchev–Trinajstić information content (AvgIpc) is 2.32. The van der Waals surface area contributed by atoms with Crippen LogP contribution in [0.4, 0.5) is 0 Å². The third kappa shape index (κ3) is 2.54. The maximum atomic E-state index is 2.34. The van der Waals surface area contributed by atoms with Crippen molar-refractivity contribution in [1.29, 1.82) is 0 Å². The molecule has 0 heterocycles. The van der Waals surface area contributed by atoms with Crippen molar-refractivity contribution < 1.29 is 0 Å². The summed E-state index contributed by atoms with van der Waals surface area (Å²) in [6, 6.07) is 10.7. The molecule has 0 nitrogen and oxygen atoms in total. The van der Waals surface area contributed by atoms with E-state index in [9.17, 15) is 0 Å². The summed E-state index contributed by atoms with van der Waals surface area (Å²) in [7, 11) is 0. The number of hydrogen-bond donors (Lipinski definition) is 0. The topological polar surface area (TPSA) is 0 Å². The van der Waals surface area contributed by atoms with Crippen molar-refractivity contribution in [3.8, 4) is 0 Å². The molecule has 0 N–H and O–H groups in total. The Kier molecular flexibility index (Phi) is 3.32. The Morgan fingerprint density at radius 1 is 1.20 bits per heavy atom. The predicted molar refractivity (Wildman–Crippen MR) is 68.2 cm³/mol. The molecule has 0 saturated carbocycles. The minimum atomic E-state index is 0.274. The second-order valence-electron chi connectivity index (χ2n) is 3.82. The van der Waals surface area contributed by atoms with Crippen molar-refractivity contribution in [3.63, 3.8) is 0 Å². The van der Waals surface area contributed by atoms with Crippen molar-refractivity contribution in [3.05, 3.63) is 54.6 Å². The Morgan fingerprint density at radius 3 is 2.60 bits per heavy atom. The molecule has 2 rings (SSSR count). The maximum absolute atomic E-state index is 2.34. The highest BCUT2D eigenvalue weighted by molar-refractivity contribution is 8.00. The highest BCUT2D eigenvalue weighted by Gasteiger charge is 2.25. The first kappa shape index (κ1) is 10.6. The molecule has 1 unspecified atom stereocenters. The average molecular weight is 216 g/mol. The Balaban J connectivity index is 2.15. The van der Waals surface area contributed by atoms with Crippen LogP contribution in [-0.2, 0) is 0 Å². The first-order valence-electron chi connectivity index (χ1n) is 5.43. The van der Waals surface area contributed by atoms with Crippen molar-refractivity contribution >= 4 is 11.8 Å². The first-order chi connectivity index (χ1) is 7.35. The smallest absolute Gasteiger partial charge is 0.0420 e. The highest BCUT2D eigenvalue weighted by atomic mass is 32.2. The van der Waals surface area contributed by atoms with Crippen LogP contribution in [0.15, 0.2) is 59.5 Å². The number of thioether (sulfide) groups is 1. The van der Waals surface area contributed by atoms with E-state index in [2.05, 4.69) is 61.6 Å². The summed E-state index contributed by atoms with van der Waals surface area (Å²) in [5, 5.41) is 0. The molecular formula is C14H16S. The molecule has 15 heavy (non-hydrogen) atoms. The second kappa shape index (κ2) is 4.71. The van der Waals surface area contributed by atoms with Gasteiger partial charge in [0.05, 0.1) is 0 Å². The lowest BCUT2D eigenvalue weighted by Gasteiger charge is -2.29. The molecule has 78 valence electrons. The fraction of sp³-hybridized carbons (Fsp3) is 0.286. The summed E-state index contributed by atoms with van der Waals surface area (Å²) in [5.41, 5.74) is 0. The number of benzene rings is 1. The zero-order valence-electron chi connectivity index (χ0n) is 9.02. The van der Waals surface area contributed by atoms with Crippen molar-refractivity contribution in [2.75, 3.05) is 0 Å². The van der Waals surface area contributed by atoms with Crippen LogP contribution in [-0.4, -0.2) is 4.75 Å². The molecule has 0 amide bonds. The third-order valence-electron chi connectivity index (χ3n) is 2.77. The molecule has 0 aromatic heterocycles. The molecule has 1 aliphatic rings. The molecule has 0 bridgehead atoms. The van der Waals surface area contributed by atoms with Gasteiger partial charge in [-0.15, -0.1) is 11.8 Å². The molecule has 1 heteroatoms. The van der Waals surface area contributed by atoms with Crippen molar-refractivity contribution in [2.45, 2.75) is 29.4 Å². The minimum absolute atomic E-state index is 0.274. The lowest BCUT2D eigenvalue weighted by Crippen LogP contribution is -2.20. The lowest BCUT2D eigenvalue weighted by molar-refractivity contribution is 0.688. The van der Waals surface area contributed by atoms with E-state index in [-0.39, 0.29) is 4.75 Å². The largest absolute Gasteiger partial charge is 0.115 e. The maximum Gasteiger partial charge on any atom is 0.0420 e. The van der Waals surface area contributed by atoms with Crippen LogP contribution in [0.2, 0.25) is 0 Å². The molecule has 1 aliphatic carbocycles. The minimum Gasteiger partial charge on any atom is -0.115 e. The third-order valence-corrected chi connectivity index (χ3v) is 4.28. The monoisotopic (exact) mass is 216 g/mol. The van der Waals surface area contributed by atoms with E-state index < -0.39 is 0 Å². The fourth-order valence-corrected chi connectivity index (χ4v) is 3.01. The van der Waals surface area contributed by atoms with E-state index in [1.807, 2.05) is 11.8 Å². The summed E-state index contributed by atoms with van der Waals surface area (Å²) in [6.07, 6.45) is 11.2. The summed E-state index contributed by atoms with van der Waals surface area (Å²) in [6.45, 7) is 2.26. The van der Waals surface area contributed by atoms with E-state index in [0.717, 1.165) is 6.42 Å². The van der Waals surface area contributed by atoms with Gasteiger partial charge in [0.1, 0.15) is 0 Å². The summed E-state index contributed by atoms with van der Waals surface area (Å²) in [5.74, 6) is 0. The van der Waals surface area contributed by atoms with Gasteiger partial charge in [-0.3, -0.25) is 0 Å².